The summed E-state index contributed by atoms with van der Waals surface area (Å²) in [6, 6.07) is 9.51. The summed E-state index contributed by atoms with van der Waals surface area (Å²) in [5, 5.41) is 25.1. The number of hydrogen-bond acceptors (Lipinski definition) is 5. The summed E-state index contributed by atoms with van der Waals surface area (Å²) >= 11 is 0. The first kappa shape index (κ1) is 14.0. The van der Waals surface area contributed by atoms with E-state index >= 15 is 0 Å². The number of benzene rings is 2. The Morgan fingerprint density at radius 1 is 1.00 bits per heavy atom. The van der Waals surface area contributed by atoms with Crippen LogP contribution in [0.4, 0.5) is 17.1 Å². The molecule has 0 amide bonds. The molecule has 0 N–H and O–H groups in total. The van der Waals surface area contributed by atoms with Crippen LogP contribution in [-0.2, 0) is 0 Å². The second kappa shape index (κ2) is 5.68. The topological polar surface area (TPSA) is 135 Å². The molecule has 0 radical (unpaired) electrons. The van der Waals surface area contributed by atoms with Crippen molar-refractivity contribution in [1.82, 2.24) is 0 Å². The first-order chi connectivity index (χ1) is 10.0. The third-order valence-corrected chi connectivity index (χ3v) is 2.73. The van der Waals surface area contributed by atoms with Crippen molar-refractivity contribution in [3.8, 4) is 11.1 Å². The molecule has 2 rings (SSSR count). The van der Waals surface area contributed by atoms with Gasteiger partial charge >= 0.3 is 0 Å². The molecule has 0 fully saturated rings. The molecule has 0 spiro atoms. The number of nitro groups is 2. The Balaban J connectivity index is 2.54. The van der Waals surface area contributed by atoms with Gasteiger partial charge in [-0.25, -0.2) is 0 Å². The van der Waals surface area contributed by atoms with Gasteiger partial charge in [0.1, 0.15) is 0 Å². The molecule has 0 aliphatic carbocycles. The molecule has 0 aliphatic rings. The van der Waals surface area contributed by atoms with Gasteiger partial charge in [0.25, 0.3) is 11.4 Å². The van der Waals surface area contributed by atoms with Gasteiger partial charge in [-0.2, -0.15) is 0 Å². The average Bonchev–Trinajstić information content (AvgIpc) is 2.47. The van der Waals surface area contributed by atoms with Crippen LogP contribution < -0.4 is 0 Å². The summed E-state index contributed by atoms with van der Waals surface area (Å²) in [5.74, 6) is 0. The van der Waals surface area contributed by atoms with Crippen molar-refractivity contribution < 1.29 is 9.85 Å². The molecule has 0 saturated heterocycles. The first-order valence-corrected chi connectivity index (χ1v) is 5.61. The fraction of sp³-hybridized carbons (Fsp3) is 0. The molecule has 104 valence electrons. The molecular weight excluding hydrogens is 278 g/mol. The molecule has 21 heavy (non-hydrogen) atoms. The van der Waals surface area contributed by atoms with Crippen molar-refractivity contribution in [2.24, 2.45) is 5.11 Å². The zero-order valence-electron chi connectivity index (χ0n) is 10.4. The van der Waals surface area contributed by atoms with E-state index in [9.17, 15) is 20.2 Å². The van der Waals surface area contributed by atoms with Crippen molar-refractivity contribution in [2.45, 2.75) is 0 Å². The zero-order chi connectivity index (χ0) is 15.4. The van der Waals surface area contributed by atoms with E-state index in [0.29, 0.717) is 11.3 Å². The van der Waals surface area contributed by atoms with Crippen molar-refractivity contribution in [3.05, 3.63) is 73.1 Å². The lowest BCUT2D eigenvalue weighted by Crippen LogP contribution is -1.95. The van der Waals surface area contributed by atoms with Crippen molar-refractivity contribution >= 4 is 17.1 Å². The largest absolute Gasteiger partial charge is 0.284 e. The molecule has 0 saturated carbocycles. The first-order valence-electron chi connectivity index (χ1n) is 5.61. The van der Waals surface area contributed by atoms with E-state index in [-0.39, 0.29) is 16.9 Å². The van der Waals surface area contributed by atoms with Gasteiger partial charge in [-0.05, 0) is 17.2 Å². The Morgan fingerprint density at radius 3 is 2.19 bits per heavy atom. The van der Waals surface area contributed by atoms with Gasteiger partial charge < -0.3 is 0 Å². The van der Waals surface area contributed by atoms with Crippen LogP contribution in [-0.4, -0.2) is 9.85 Å². The summed E-state index contributed by atoms with van der Waals surface area (Å²) in [6.45, 7) is 0. The highest BCUT2D eigenvalue weighted by atomic mass is 16.6. The number of hydrogen-bond donors (Lipinski definition) is 0. The molecular formula is C12H7N5O4. The molecule has 0 heterocycles. The highest BCUT2D eigenvalue weighted by Crippen LogP contribution is 2.33. The van der Waals surface area contributed by atoms with Crippen molar-refractivity contribution in [3.63, 3.8) is 0 Å². The highest BCUT2D eigenvalue weighted by molar-refractivity contribution is 5.76. The fourth-order valence-electron chi connectivity index (χ4n) is 1.79. The predicted octanol–water partition coefficient (Wildman–Crippen LogP) is 4.11. The monoisotopic (exact) mass is 285 g/mol. The van der Waals surface area contributed by atoms with Crippen LogP contribution >= 0.6 is 0 Å². The van der Waals surface area contributed by atoms with Crippen LogP contribution in [0.1, 0.15) is 0 Å². The Bertz CT molecular complexity index is 766. The summed E-state index contributed by atoms with van der Waals surface area (Å²) in [7, 11) is 0. The smallest absolute Gasteiger partial charge is 0.258 e. The molecule has 0 aliphatic heterocycles. The van der Waals surface area contributed by atoms with Crippen LogP contribution in [0.2, 0.25) is 0 Å². The van der Waals surface area contributed by atoms with Crippen LogP contribution in [0.3, 0.4) is 0 Å². The number of nitrogens with zero attached hydrogens (tertiary/aromatic N) is 5. The standard InChI is InChI=1S/C12H7N5O4/c13-15-14-9-3-1-8(2-4-9)11-6-5-10(16(18)19)7-12(11)17(20)21/h1-7H. The van der Waals surface area contributed by atoms with Crippen LogP contribution in [0.15, 0.2) is 47.6 Å². The van der Waals surface area contributed by atoms with Gasteiger partial charge in [0.2, 0.25) is 0 Å². The summed E-state index contributed by atoms with van der Waals surface area (Å²) in [5.41, 5.74) is 8.71. The second-order valence-electron chi connectivity index (χ2n) is 3.95. The van der Waals surface area contributed by atoms with Crippen molar-refractivity contribution in [1.29, 1.82) is 0 Å². The molecule has 0 atom stereocenters. The maximum atomic E-state index is 11.1. The van der Waals surface area contributed by atoms with Crippen molar-refractivity contribution in [2.75, 3.05) is 0 Å². The Hall–Kier alpha value is -3.45. The Labute approximate surface area is 117 Å². The average molecular weight is 285 g/mol. The van der Waals surface area contributed by atoms with E-state index in [1.54, 1.807) is 0 Å². The second-order valence-corrected chi connectivity index (χ2v) is 3.95. The molecule has 0 unspecified atom stereocenters. The van der Waals surface area contributed by atoms with Gasteiger partial charge in [-0.1, -0.05) is 29.4 Å². The molecule has 2 aromatic rings. The molecule has 2 aromatic carbocycles. The van der Waals surface area contributed by atoms with Gasteiger partial charge in [0, 0.05) is 16.7 Å². The minimum atomic E-state index is -0.693. The lowest BCUT2D eigenvalue weighted by molar-refractivity contribution is -0.393. The van der Waals surface area contributed by atoms with E-state index < -0.39 is 9.85 Å². The van der Waals surface area contributed by atoms with E-state index in [1.165, 1.54) is 36.4 Å². The molecule has 9 nitrogen and oxygen atoms in total. The van der Waals surface area contributed by atoms with E-state index in [2.05, 4.69) is 10.0 Å². The normalized spacial score (nSPS) is 9.71. The molecule has 0 bridgehead atoms. The third-order valence-electron chi connectivity index (χ3n) is 2.73. The van der Waals surface area contributed by atoms with Gasteiger partial charge in [0.15, 0.2) is 0 Å². The van der Waals surface area contributed by atoms with Crippen LogP contribution in [0.25, 0.3) is 21.6 Å². The predicted molar refractivity (Wildman–Crippen MR) is 74.0 cm³/mol. The minimum Gasteiger partial charge on any atom is -0.258 e. The quantitative estimate of drug-likeness (QED) is 0.274. The van der Waals surface area contributed by atoms with Crippen LogP contribution in [0.5, 0.6) is 0 Å². The number of rotatable bonds is 4. The SMILES string of the molecule is [N-]=[N+]=Nc1ccc(-c2ccc([N+](=O)[O-])cc2[N+](=O)[O-])cc1. The zero-order valence-corrected chi connectivity index (χ0v) is 10.4. The molecule has 9 heteroatoms. The van der Waals surface area contributed by atoms with Gasteiger partial charge in [-0.3, -0.25) is 20.2 Å². The summed E-state index contributed by atoms with van der Waals surface area (Å²) in [4.78, 5) is 23.0. The van der Waals surface area contributed by atoms with Gasteiger partial charge in [0.05, 0.1) is 21.5 Å². The summed E-state index contributed by atoms with van der Waals surface area (Å²) in [6.07, 6.45) is 0. The lowest BCUT2D eigenvalue weighted by Gasteiger charge is -2.03. The highest BCUT2D eigenvalue weighted by Gasteiger charge is 2.20. The Kier molecular flexibility index (Phi) is 3.78. The molecule has 0 aromatic heterocycles. The number of azide groups is 1. The maximum Gasteiger partial charge on any atom is 0.284 e. The van der Waals surface area contributed by atoms with Gasteiger partial charge in [-0.15, -0.1) is 0 Å². The lowest BCUT2D eigenvalue weighted by atomic mass is 10.0. The number of non-ortho nitro benzene ring substituents is 1. The minimum absolute atomic E-state index is 0.248. The van der Waals surface area contributed by atoms with E-state index in [0.717, 1.165) is 6.07 Å². The maximum absolute atomic E-state index is 11.1. The third kappa shape index (κ3) is 2.94. The Morgan fingerprint density at radius 2 is 1.67 bits per heavy atom. The van der Waals surface area contributed by atoms with E-state index in [4.69, 9.17) is 5.53 Å². The fourth-order valence-corrected chi connectivity index (χ4v) is 1.79. The van der Waals surface area contributed by atoms with Crippen LogP contribution in [0, 0.1) is 20.2 Å². The number of nitro benzene ring substituents is 2. The van der Waals surface area contributed by atoms with E-state index in [1.807, 2.05) is 0 Å². The summed E-state index contributed by atoms with van der Waals surface area (Å²) < 4.78 is 0.